The first-order valence-electron chi connectivity index (χ1n) is 9.04. The molecule has 1 N–H and O–H groups in total. The summed E-state index contributed by atoms with van der Waals surface area (Å²) in [5.41, 5.74) is 1.80. The van der Waals surface area contributed by atoms with E-state index in [0.29, 0.717) is 12.1 Å². The molecule has 144 valence electrons. The lowest BCUT2D eigenvalue weighted by Crippen LogP contribution is -2.36. The minimum Gasteiger partial charge on any atom is -0.449 e. The highest BCUT2D eigenvalue weighted by atomic mass is 16.6. The second-order valence-corrected chi connectivity index (χ2v) is 6.41. The maximum atomic E-state index is 12.0. The Labute approximate surface area is 158 Å². The molecule has 1 aliphatic rings. The fraction of sp³-hybridized carbons (Fsp3) is 0.400. The number of amides is 1. The Morgan fingerprint density at radius 3 is 2.89 bits per heavy atom. The molecule has 7 heteroatoms. The van der Waals surface area contributed by atoms with E-state index in [1.54, 1.807) is 6.07 Å². The van der Waals surface area contributed by atoms with Gasteiger partial charge in [-0.3, -0.25) is 14.9 Å². The highest BCUT2D eigenvalue weighted by Crippen LogP contribution is 2.19. The van der Waals surface area contributed by atoms with Crippen LogP contribution in [-0.4, -0.2) is 29.4 Å². The number of allylic oxidation sites excluding steroid dienone is 1. The first-order valence-corrected chi connectivity index (χ1v) is 9.04. The van der Waals surface area contributed by atoms with Gasteiger partial charge >= 0.3 is 5.97 Å². The molecule has 1 aromatic rings. The molecule has 0 saturated carbocycles. The molecule has 1 amide bonds. The number of non-ortho nitro benzene ring substituents is 1. The maximum Gasteiger partial charge on any atom is 0.331 e. The molecule has 0 unspecified atom stereocenters. The molecule has 0 spiro atoms. The smallest absolute Gasteiger partial charge is 0.331 e. The summed E-state index contributed by atoms with van der Waals surface area (Å²) in [5, 5.41) is 13.5. The van der Waals surface area contributed by atoms with E-state index >= 15 is 0 Å². The predicted octanol–water partition coefficient (Wildman–Crippen LogP) is 3.55. The van der Waals surface area contributed by atoms with Gasteiger partial charge in [-0.05, 0) is 50.7 Å². The number of nitro groups is 1. The van der Waals surface area contributed by atoms with Crippen LogP contribution in [0.3, 0.4) is 0 Å². The van der Waals surface area contributed by atoms with Gasteiger partial charge in [0.2, 0.25) is 0 Å². The summed E-state index contributed by atoms with van der Waals surface area (Å²) in [6.07, 6.45) is 9.32. The lowest BCUT2D eigenvalue weighted by molar-refractivity contribution is -0.384. The van der Waals surface area contributed by atoms with Crippen LogP contribution in [0.25, 0.3) is 6.08 Å². The predicted molar refractivity (Wildman–Crippen MR) is 102 cm³/mol. The van der Waals surface area contributed by atoms with Crippen LogP contribution in [-0.2, 0) is 14.3 Å². The molecule has 0 bridgehead atoms. The van der Waals surface area contributed by atoms with Crippen molar-refractivity contribution in [1.29, 1.82) is 0 Å². The lowest BCUT2D eigenvalue weighted by atomic mass is 9.97. The monoisotopic (exact) mass is 372 g/mol. The van der Waals surface area contributed by atoms with Crippen molar-refractivity contribution in [3.05, 3.63) is 57.7 Å². The Kier molecular flexibility index (Phi) is 7.73. The lowest BCUT2D eigenvalue weighted by Gasteiger charge is -2.15. The van der Waals surface area contributed by atoms with Crippen LogP contribution in [0, 0.1) is 10.1 Å². The summed E-state index contributed by atoms with van der Waals surface area (Å²) < 4.78 is 5.07. The molecule has 1 aliphatic carbocycles. The van der Waals surface area contributed by atoms with Crippen LogP contribution in [0.4, 0.5) is 5.69 Å². The fourth-order valence-corrected chi connectivity index (χ4v) is 2.80. The van der Waals surface area contributed by atoms with E-state index in [0.717, 1.165) is 25.3 Å². The fourth-order valence-electron chi connectivity index (χ4n) is 2.80. The van der Waals surface area contributed by atoms with Crippen LogP contribution in [0.1, 0.15) is 44.6 Å². The first-order chi connectivity index (χ1) is 13.0. The molecule has 7 nitrogen and oxygen atoms in total. The van der Waals surface area contributed by atoms with Crippen LogP contribution < -0.4 is 5.32 Å². The molecule has 0 radical (unpaired) electrons. The molecule has 2 rings (SSSR count). The second-order valence-electron chi connectivity index (χ2n) is 6.41. The number of ether oxygens (including phenoxy) is 1. The van der Waals surface area contributed by atoms with Gasteiger partial charge in [0.15, 0.2) is 6.10 Å². The average molecular weight is 372 g/mol. The summed E-state index contributed by atoms with van der Waals surface area (Å²) in [6, 6.07) is 5.87. The van der Waals surface area contributed by atoms with Crippen molar-refractivity contribution < 1.29 is 19.2 Å². The van der Waals surface area contributed by atoms with Crippen LogP contribution in [0.15, 0.2) is 42.0 Å². The minimum absolute atomic E-state index is 0.0636. The topological polar surface area (TPSA) is 98.5 Å². The number of carbonyl (C=O) groups excluding carboxylic acids is 2. The number of nitro benzene ring substituents is 1. The number of nitrogens with one attached hydrogen (secondary N) is 1. The quantitative estimate of drug-likeness (QED) is 0.247. The van der Waals surface area contributed by atoms with Crippen molar-refractivity contribution in [3.8, 4) is 0 Å². The molecule has 0 heterocycles. The van der Waals surface area contributed by atoms with E-state index in [4.69, 9.17) is 4.74 Å². The normalized spacial score (nSPS) is 15.1. The number of rotatable bonds is 8. The van der Waals surface area contributed by atoms with E-state index in [9.17, 15) is 19.7 Å². The third-order valence-electron chi connectivity index (χ3n) is 4.29. The van der Waals surface area contributed by atoms with Gasteiger partial charge in [-0.1, -0.05) is 23.8 Å². The number of hydrogen-bond acceptors (Lipinski definition) is 5. The number of nitrogens with zero attached hydrogens (tertiary/aromatic N) is 1. The Morgan fingerprint density at radius 1 is 1.37 bits per heavy atom. The molecular formula is C20H24N2O5. The Hall–Kier alpha value is -2.96. The molecule has 27 heavy (non-hydrogen) atoms. The standard InChI is InChI=1S/C20H24N2O5/c1-15(20(24)21-13-12-16-6-3-2-4-7-16)27-19(23)11-10-17-8-5-9-18(14-17)22(25)26/h5-6,8-11,14-15H,2-4,7,12-13H2,1H3,(H,21,24)/b11-10+/t15-/m0/s1. The zero-order chi connectivity index (χ0) is 19.6. The van der Waals surface area contributed by atoms with Gasteiger partial charge < -0.3 is 10.1 Å². The Balaban J connectivity index is 1.76. The third kappa shape index (κ3) is 7.05. The summed E-state index contributed by atoms with van der Waals surface area (Å²) in [7, 11) is 0. The van der Waals surface area contributed by atoms with E-state index in [2.05, 4.69) is 11.4 Å². The Bertz CT molecular complexity index is 754. The molecule has 0 aromatic heterocycles. The number of esters is 1. The van der Waals surface area contributed by atoms with E-state index in [1.807, 2.05) is 0 Å². The molecule has 0 saturated heterocycles. The molecule has 1 aromatic carbocycles. The van der Waals surface area contributed by atoms with E-state index in [1.165, 1.54) is 49.6 Å². The summed E-state index contributed by atoms with van der Waals surface area (Å²) in [4.78, 5) is 34.1. The average Bonchev–Trinajstić information content (AvgIpc) is 2.67. The van der Waals surface area contributed by atoms with Gasteiger partial charge in [0.1, 0.15) is 0 Å². The Morgan fingerprint density at radius 2 is 2.19 bits per heavy atom. The van der Waals surface area contributed by atoms with Crippen molar-refractivity contribution in [3.63, 3.8) is 0 Å². The molecule has 0 aliphatic heterocycles. The van der Waals surface area contributed by atoms with Gasteiger partial charge in [-0.2, -0.15) is 0 Å². The first kappa shape index (κ1) is 20.4. The highest BCUT2D eigenvalue weighted by Gasteiger charge is 2.16. The van der Waals surface area contributed by atoms with Gasteiger partial charge in [0.25, 0.3) is 11.6 Å². The summed E-state index contributed by atoms with van der Waals surface area (Å²) >= 11 is 0. The van der Waals surface area contributed by atoms with Crippen LogP contribution in [0.2, 0.25) is 0 Å². The van der Waals surface area contributed by atoms with E-state index in [-0.39, 0.29) is 11.6 Å². The SMILES string of the molecule is C[C@H](OC(=O)/C=C/c1cccc([N+](=O)[O-])c1)C(=O)NCCC1=CCCCC1. The van der Waals surface area contributed by atoms with Crippen molar-refractivity contribution in [2.24, 2.45) is 0 Å². The summed E-state index contributed by atoms with van der Waals surface area (Å²) in [5.74, 6) is -1.03. The van der Waals surface area contributed by atoms with Crippen molar-refractivity contribution in [2.45, 2.75) is 45.1 Å². The minimum atomic E-state index is -0.910. The maximum absolute atomic E-state index is 12.0. The van der Waals surface area contributed by atoms with Crippen LogP contribution in [0.5, 0.6) is 0 Å². The third-order valence-corrected chi connectivity index (χ3v) is 4.29. The van der Waals surface area contributed by atoms with Gasteiger partial charge in [0, 0.05) is 24.8 Å². The molecular weight excluding hydrogens is 348 g/mol. The molecule has 1 atom stereocenters. The van der Waals surface area contributed by atoms with Gasteiger partial charge in [-0.25, -0.2) is 4.79 Å². The van der Waals surface area contributed by atoms with Crippen molar-refractivity contribution in [1.82, 2.24) is 5.32 Å². The van der Waals surface area contributed by atoms with Crippen molar-refractivity contribution in [2.75, 3.05) is 6.54 Å². The number of hydrogen-bond donors (Lipinski definition) is 1. The van der Waals surface area contributed by atoms with Crippen molar-refractivity contribution >= 4 is 23.6 Å². The van der Waals surface area contributed by atoms with Gasteiger partial charge in [0.05, 0.1) is 4.92 Å². The largest absolute Gasteiger partial charge is 0.449 e. The highest BCUT2D eigenvalue weighted by molar-refractivity contribution is 5.90. The summed E-state index contributed by atoms with van der Waals surface area (Å²) in [6.45, 7) is 2.03. The van der Waals surface area contributed by atoms with E-state index < -0.39 is 17.0 Å². The number of benzene rings is 1. The second kappa shape index (κ2) is 10.3. The molecule has 0 fully saturated rings. The zero-order valence-electron chi connectivity index (χ0n) is 15.3. The number of carbonyl (C=O) groups is 2. The van der Waals surface area contributed by atoms with Crippen LogP contribution >= 0.6 is 0 Å². The zero-order valence-corrected chi connectivity index (χ0v) is 15.3. The van der Waals surface area contributed by atoms with Gasteiger partial charge in [-0.15, -0.1) is 0 Å².